The first kappa shape index (κ1) is 55.5. The Morgan fingerprint density at radius 1 is 0.184 bits per heavy atom. The Hall–Kier alpha value is -13.0. The van der Waals surface area contributed by atoms with Gasteiger partial charge in [0.05, 0.1) is 22.1 Å². The summed E-state index contributed by atoms with van der Waals surface area (Å²) in [4.78, 5) is 14.8. The molecule has 0 spiro atoms. The van der Waals surface area contributed by atoms with E-state index in [9.17, 15) is 4.79 Å². The van der Waals surface area contributed by atoms with Gasteiger partial charge >= 0.3 is 0 Å². The summed E-state index contributed by atoms with van der Waals surface area (Å²) >= 11 is 0. The minimum absolute atomic E-state index is 0.0162. The lowest BCUT2D eigenvalue weighted by molar-refractivity contribution is 0.103. The van der Waals surface area contributed by atoms with Crippen molar-refractivity contribution in [2.24, 2.45) is 0 Å². The predicted molar refractivity (Wildman–Crippen MR) is 412 cm³/mol. The van der Waals surface area contributed by atoms with E-state index in [4.69, 9.17) is 0 Å². The van der Waals surface area contributed by atoms with E-state index in [1.54, 1.807) is 0 Å². The number of fused-ring (bicyclic) bond motifs is 18. The van der Waals surface area contributed by atoms with Crippen molar-refractivity contribution in [3.05, 3.63) is 363 Å². The van der Waals surface area contributed by atoms with Gasteiger partial charge in [-0.3, -0.25) is 4.79 Å². The van der Waals surface area contributed by atoms with Gasteiger partial charge in [0.15, 0.2) is 5.78 Å². The van der Waals surface area contributed by atoms with Crippen LogP contribution in [-0.2, 0) is 0 Å². The highest BCUT2D eigenvalue weighted by Gasteiger charge is 2.27. The van der Waals surface area contributed by atoms with Crippen LogP contribution >= 0.6 is 0 Å². The third kappa shape index (κ3) is 8.73. The molecule has 0 atom stereocenters. The minimum atomic E-state index is -0.0162. The SMILES string of the molecule is O=C(c1ccccc1)c1ccc2c(c1)-c1cc(-n3c4ccc(-c5cccc6ccccc56)cc4c4cc(-c5cccc6ccccc56)ccc43)ccc1-c1ccc(-n3c4ccc(-c5cccc6ccccc56)cc4c4cc(-c5cccc6ccccc56)ccc43)cc1-c1ccccc1-2. The van der Waals surface area contributed by atoms with Gasteiger partial charge in [-0.25, -0.2) is 0 Å². The predicted octanol–water partition coefficient (Wildman–Crippen LogP) is 25.4. The highest BCUT2D eigenvalue weighted by Crippen LogP contribution is 2.51. The fourth-order valence-electron chi connectivity index (χ4n) is 16.3. The average Bonchev–Trinajstić information content (AvgIpc) is 1.43. The number of aromatic nitrogens is 2. The van der Waals surface area contributed by atoms with E-state index < -0.39 is 0 Å². The average molecular weight is 1240 g/mol. The smallest absolute Gasteiger partial charge is 0.193 e. The molecule has 0 amide bonds. The number of benzene rings is 17. The standard InChI is InChI=1S/C95H58N2O/c98-95(63-22-2-1-3-23-63)68-38-45-81-79-32-12-13-33-80(79)85-57-69(96-91-48-39-64(75-34-14-24-59-18-4-8-28-71(59)75)52-87(91)88-53-65(40-49-92(88)96)76-35-15-25-60-19-5-9-29-72(60)76)43-46-82(85)83-47-44-70(58-86(83)84(81)56-68)97-93-50-41-66(77-36-16-26-61-20-6-10-30-73(61)77)54-89(93)90-55-67(42-51-94(90)97)78-37-17-27-62-21-7-11-31-74(62)78/h1-58H. The number of carbonyl (C=O) groups excluding carboxylic acids is 1. The lowest BCUT2D eigenvalue weighted by Gasteiger charge is -2.25. The molecule has 0 fully saturated rings. The number of hydrogen-bond acceptors (Lipinski definition) is 1. The highest BCUT2D eigenvalue weighted by molar-refractivity contribution is 6.17. The lowest BCUT2D eigenvalue weighted by Crippen LogP contribution is -2.04. The summed E-state index contributed by atoms with van der Waals surface area (Å²) < 4.78 is 4.94. The van der Waals surface area contributed by atoms with Crippen molar-refractivity contribution in [2.45, 2.75) is 0 Å². The molecule has 0 N–H and O–H groups in total. The molecule has 19 aromatic rings. The van der Waals surface area contributed by atoms with Crippen molar-refractivity contribution in [2.75, 3.05) is 0 Å². The Morgan fingerprint density at radius 2 is 0.469 bits per heavy atom. The normalized spacial score (nSPS) is 11.9. The maximum absolute atomic E-state index is 14.8. The van der Waals surface area contributed by atoms with Gasteiger partial charge in [-0.1, -0.05) is 273 Å². The van der Waals surface area contributed by atoms with Crippen molar-refractivity contribution in [3.8, 4) is 100 Å². The molecule has 2 aromatic heterocycles. The largest absolute Gasteiger partial charge is 0.309 e. The topological polar surface area (TPSA) is 26.9 Å². The van der Waals surface area contributed by atoms with Gasteiger partial charge in [0, 0.05) is 44.0 Å². The number of carbonyl (C=O) groups is 1. The van der Waals surface area contributed by atoms with Gasteiger partial charge < -0.3 is 9.13 Å². The van der Waals surface area contributed by atoms with Crippen molar-refractivity contribution in [3.63, 3.8) is 0 Å². The summed E-state index contributed by atoms with van der Waals surface area (Å²) in [5.41, 5.74) is 26.0. The van der Waals surface area contributed by atoms with E-state index in [0.717, 1.165) is 77.9 Å². The molecular formula is C95H58N2O. The Labute approximate surface area is 566 Å². The van der Waals surface area contributed by atoms with E-state index >= 15 is 0 Å². The summed E-state index contributed by atoms with van der Waals surface area (Å²) in [5, 5.41) is 14.5. The Kier molecular flexibility index (Phi) is 12.5. The molecule has 0 bridgehead atoms. The summed E-state index contributed by atoms with van der Waals surface area (Å²) in [7, 11) is 0. The molecule has 0 radical (unpaired) electrons. The van der Waals surface area contributed by atoms with Crippen molar-refractivity contribution < 1.29 is 4.79 Å². The van der Waals surface area contributed by atoms with Crippen LogP contribution in [0.1, 0.15) is 15.9 Å². The first-order chi connectivity index (χ1) is 48.5. The van der Waals surface area contributed by atoms with Crippen molar-refractivity contribution in [1.29, 1.82) is 0 Å². The second-order valence-corrected chi connectivity index (χ2v) is 26.2. The van der Waals surface area contributed by atoms with Gasteiger partial charge in [0.2, 0.25) is 0 Å². The zero-order chi connectivity index (χ0) is 64.5. The highest BCUT2D eigenvalue weighted by atomic mass is 16.1. The first-order valence-corrected chi connectivity index (χ1v) is 33.7. The van der Waals surface area contributed by atoms with Crippen LogP contribution in [-0.4, -0.2) is 14.9 Å². The second kappa shape index (κ2) is 22.1. The summed E-state index contributed by atoms with van der Waals surface area (Å²) in [6.45, 7) is 0. The van der Waals surface area contributed by atoms with Gasteiger partial charge in [-0.15, -0.1) is 0 Å². The van der Waals surface area contributed by atoms with Crippen LogP contribution in [0.25, 0.3) is 187 Å². The van der Waals surface area contributed by atoms with Crippen LogP contribution in [0.3, 0.4) is 0 Å². The summed E-state index contributed by atoms with van der Waals surface area (Å²) in [5.74, 6) is -0.0162. The fourth-order valence-corrected chi connectivity index (χ4v) is 16.3. The van der Waals surface area contributed by atoms with Gasteiger partial charge in [-0.05, 0) is 211 Å². The van der Waals surface area contributed by atoms with Crippen LogP contribution in [0.5, 0.6) is 0 Å². The monoisotopic (exact) mass is 1240 g/mol. The zero-order valence-electron chi connectivity index (χ0n) is 53.3. The van der Waals surface area contributed by atoms with Crippen LogP contribution in [0.15, 0.2) is 352 Å². The van der Waals surface area contributed by atoms with Crippen molar-refractivity contribution >= 4 is 92.5 Å². The second-order valence-electron chi connectivity index (χ2n) is 26.2. The maximum atomic E-state index is 14.8. The van der Waals surface area contributed by atoms with Gasteiger partial charge in [0.25, 0.3) is 0 Å². The van der Waals surface area contributed by atoms with E-state index in [2.05, 4.69) is 325 Å². The van der Waals surface area contributed by atoms with Crippen molar-refractivity contribution in [1.82, 2.24) is 9.13 Å². The van der Waals surface area contributed by atoms with Crippen LogP contribution < -0.4 is 0 Å². The molecule has 0 saturated heterocycles. The van der Waals surface area contributed by atoms with Crippen LogP contribution in [0.2, 0.25) is 0 Å². The number of ketones is 1. The van der Waals surface area contributed by atoms with Crippen LogP contribution in [0.4, 0.5) is 0 Å². The molecule has 3 heteroatoms. The maximum Gasteiger partial charge on any atom is 0.193 e. The lowest BCUT2D eigenvalue weighted by atomic mass is 9.79. The van der Waals surface area contributed by atoms with E-state index in [1.165, 1.54) is 109 Å². The Balaban J connectivity index is 0.820. The molecule has 17 aromatic carbocycles. The molecule has 98 heavy (non-hydrogen) atoms. The van der Waals surface area contributed by atoms with E-state index in [-0.39, 0.29) is 5.78 Å². The Bertz CT molecular complexity index is 6280. The molecule has 3 nitrogen and oxygen atoms in total. The third-order valence-corrected chi connectivity index (χ3v) is 20.9. The fraction of sp³-hybridized carbons (Fsp3) is 0. The molecule has 0 saturated carbocycles. The van der Waals surface area contributed by atoms with Gasteiger partial charge in [0.1, 0.15) is 0 Å². The summed E-state index contributed by atoms with van der Waals surface area (Å²) in [6.07, 6.45) is 0. The molecule has 0 aliphatic heterocycles. The third-order valence-electron chi connectivity index (χ3n) is 20.9. The quantitative estimate of drug-likeness (QED) is 0.139. The molecule has 1 aliphatic rings. The molecule has 20 rings (SSSR count). The minimum Gasteiger partial charge on any atom is -0.309 e. The molecule has 0 unspecified atom stereocenters. The van der Waals surface area contributed by atoms with E-state index in [1.807, 2.05) is 36.4 Å². The molecule has 454 valence electrons. The van der Waals surface area contributed by atoms with E-state index in [0.29, 0.717) is 11.1 Å². The number of hydrogen-bond donors (Lipinski definition) is 0. The Morgan fingerprint density at radius 3 is 0.857 bits per heavy atom. The zero-order valence-corrected chi connectivity index (χ0v) is 53.3. The number of rotatable bonds is 8. The number of nitrogens with zero attached hydrogens (tertiary/aromatic N) is 2. The van der Waals surface area contributed by atoms with Crippen LogP contribution in [0, 0.1) is 0 Å². The van der Waals surface area contributed by atoms with Gasteiger partial charge in [-0.2, -0.15) is 0 Å². The molecular weight excluding hydrogens is 1190 g/mol. The molecule has 1 aliphatic carbocycles. The molecule has 2 heterocycles. The first-order valence-electron chi connectivity index (χ1n) is 33.7. The summed E-state index contributed by atoms with van der Waals surface area (Å²) in [6, 6.07) is 128.